The largest absolute Gasteiger partial charge is 0.354 e. The molecular formula is C21H28ClN3O2S. The smallest absolute Gasteiger partial charge is 0.237 e. The molecule has 2 saturated heterocycles. The van der Waals surface area contributed by atoms with Gasteiger partial charge in [0.15, 0.2) is 0 Å². The van der Waals surface area contributed by atoms with Crippen LogP contribution in [0.3, 0.4) is 0 Å². The predicted molar refractivity (Wildman–Crippen MR) is 116 cm³/mol. The maximum atomic E-state index is 12.8. The third kappa shape index (κ3) is 4.85. The molecule has 2 aliphatic heterocycles. The number of amides is 2. The summed E-state index contributed by atoms with van der Waals surface area (Å²) < 4.78 is 1.24. The Kier molecular flexibility index (Phi) is 7.32. The van der Waals surface area contributed by atoms with E-state index in [1.54, 1.807) is 11.3 Å². The first kappa shape index (κ1) is 21.1. The van der Waals surface area contributed by atoms with E-state index in [0.717, 1.165) is 50.9 Å². The zero-order valence-electron chi connectivity index (χ0n) is 16.0. The Morgan fingerprint density at radius 2 is 2.07 bits per heavy atom. The summed E-state index contributed by atoms with van der Waals surface area (Å²) in [5, 5.41) is 9.63. The first-order valence-electron chi connectivity index (χ1n) is 9.94. The van der Waals surface area contributed by atoms with Crippen molar-refractivity contribution in [1.29, 1.82) is 0 Å². The minimum absolute atomic E-state index is 0. The number of fused-ring (bicyclic) bond motifs is 1. The van der Waals surface area contributed by atoms with Crippen LogP contribution >= 0.6 is 23.7 Å². The first-order chi connectivity index (χ1) is 13.2. The van der Waals surface area contributed by atoms with Gasteiger partial charge in [-0.2, -0.15) is 0 Å². The number of carbonyl (C=O) groups excluding carboxylic acids is 2. The Morgan fingerprint density at radius 1 is 1.21 bits per heavy atom. The van der Waals surface area contributed by atoms with Gasteiger partial charge in [0.1, 0.15) is 0 Å². The van der Waals surface area contributed by atoms with Gasteiger partial charge in [-0.25, -0.2) is 0 Å². The van der Waals surface area contributed by atoms with E-state index in [0.29, 0.717) is 18.9 Å². The predicted octanol–water partition coefficient (Wildman–Crippen LogP) is 2.97. The van der Waals surface area contributed by atoms with Crippen molar-refractivity contribution in [2.45, 2.75) is 38.1 Å². The number of halogens is 1. The maximum Gasteiger partial charge on any atom is 0.237 e. The molecule has 2 aliphatic rings. The molecule has 1 aromatic carbocycles. The molecule has 2 N–H and O–H groups in total. The number of nitrogens with zero attached hydrogens (tertiary/aromatic N) is 1. The van der Waals surface area contributed by atoms with E-state index in [1.165, 1.54) is 10.1 Å². The molecule has 0 radical (unpaired) electrons. The van der Waals surface area contributed by atoms with Crippen molar-refractivity contribution in [2.75, 3.05) is 26.2 Å². The lowest BCUT2D eigenvalue weighted by Gasteiger charge is -2.33. The fourth-order valence-electron chi connectivity index (χ4n) is 4.18. The number of benzene rings is 1. The Morgan fingerprint density at radius 3 is 2.89 bits per heavy atom. The van der Waals surface area contributed by atoms with Gasteiger partial charge in [0.25, 0.3) is 0 Å². The molecular weight excluding hydrogens is 394 g/mol. The summed E-state index contributed by atoms with van der Waals surface area (Å²) in [5.41, 5.74) is 1.13. The van der Waals surface area contributed by atoms with Gasteiger partial charge in [0.2, 0.25) is 11.8 Å². The Hall–Kier alpha value is -1.63. The summed E-state index contributed by atoms with van der Waals surface area (Å²) in [6, 6.07) is 8.24. The molecule has 3 heterocycles. The first-order valence-corrected chi connectivity index (χ1v) is 10.8. The van der Waals surface area contributed by atoms with Crippen molar-refractivity contribution >= 4 is 45.6 Å². The van der Waals surface area contributed by atoms with E-state index in [9.17, 15) is 9.59 Å². The number of hydrogen-bond acceptors (Lipinski definition) is 4. The molecule has 2 unspecified atom stereocenters. The van der Waals surface area contributed by atoms with Crippen molar-refractivity contribution in [3.05, 3.63) is 35.2 Å². The zero-order valence-corrected chi connectivity index (χ0v) is 17.6. The summed E-state index contributed by atoms with van der Waals surface area (Å²) in [7, 11) is 0. The highest BCUT2D eigenvalue weighted by Crippen LogP contribution is 2.27. The quantitative estimate of drug-likeness (QED) is 0.780. The summed E-state index contributed by atoms with van der Waals surface area (Å²) in [4.78, 5) is 27.0. The molecule has 1 aromatic heterocycles. The van der Waals surface area contributed by atoms with Crippen LogP contribution in [0.4, 0.5) is 0 Å². The molecule has 7 heteroatoms. The molecule has 0 bridgehead atoms. The summed E-state index contributed by atoms with van der Waals surface area (Å²) in [6.07, 6.45) is 4.55. The van der Waals surface area contributed by atoms with Gasteiger partial charge in [-0.1, -0.05) is 18.2 Å². The van der Waals surface area contributed by atoms with Gasteiger partial charge >= 0.3 is 0 Å². The van der Waals surface area contributed by atoms with Crippen LogP contribution in [0.15, 0.2) is 29.6 Å². The fraction of sp³-hybridized carbons (Fsp3) is 0.524. The molecule has 2 amide bonds. The average molecular weight is 422 g/mol. The minimum atomic E-state index is -0.0294. The standard InChI is InChI=1S/C21H27N3O2S.ClH/c25-20(11-16-14-27-19-8-2-1-6-17(16)19)24-10-4-5-15(13-24)12-23-21(26)18-7-3-9-22-18;/h1-2,6,8,14-15,18,22H,3-5,7,9-13H2,(H,23,26);1H. The number of carbonyl (C=O) groups is 2. The van der Waals surface area contributed by atoms with Crippen LogP contribution in [-0.4, -0.2) is 48.9 Å². The lowest BCUT2D eigenvalue weighted by atomic mass is 9.97. The fourth-order valence-corrected chi connectivity index (χ4v) is 5.14. The van der Waals surface area contributed by atoms with Crippen LogP contribution in [0.1, 0.15) is 31.2 Å². The third-order valence-corrected chi connectivity index (χ3v) is 6.73. The molecule has 0 spiro atoms. The van der Waals surface area contributed by atoms with E-state index in [-0.39, 0.29) is 30.3 Å². The van der Waals surface area contributed by atoms with Gasteiger partial charge in [-0.15, -0.1) is 23.7 Å². The maximum absolute atomic E-state index is 12.8. The number of likely N-dealkylation sites (tertiary alicyclic amines) is 1. The molecule has 2 atom stereocenters. The van der Waals surface area contributed by atoms with Gasteiger partial charge < -0.3 is 15.5 Å². The molecule has 2 fully saturated rings. The molecule has 5 nitrogen and oxygen atoms in total. The van der Waals surface area contributed by atoms with E-state index >= 15 is 0 Å². The van der Waals surface area contributed by atoms with Crippen LogP contribution in [0.25, 0.3) is 10.1 Å². The van der Waals surface area contributed by atoms with Crippen molar-refractivity contribution in [2.24, 2.45) is 5.92 Å². The Labute approximate surface area is 176 Å². The molecule has 4 rings (SSSR count). The second kappa shape index (κ2) is 9.72. The molecule has 0 saturated carbocycles. The summed E-state index contributed by atoms with van der Waals surface area (Å²) in [6.45, 7) is 3.18. The zero-order chi connectivity index (χ0) is 18.6. The monoisotopic (exact) mass is 421 g/mol. The lowest BCUT2D eigenvalue weighted by Crippen LogP contribution is -2.47. The number of hydrogen-bond donors (Lipinski definition) is 2. The topological polar surface area (TPSA) is 61.4 Å². The highest BCUT2D eigenvalue weighted by molar-refractivity contribution is 7.17. The lowest BCUT2D eigenvalue weighted by molar-refractivity contribution is -0.132. The van der Waals surface area contributed by atoms with E-state index in [4.69, 9.17) is 0 Å². The van der Waals surface area contributed by atoms with Crippen LogP contribution in [0, 0.1) is 5.92 Å². The third-order valence-electron chi connectivity index (χ3n) is 5.72. The van der Waals surface area contributed by atoms with Crippen LogP contribution in [-0.2, 0) is 16.0 Å². The van der Waals surface area contributed by atoms with Crippen molar-refractivity contribution in [3.63, 3.8) is 0 Å². The van der Waals surface area contributed by atoms with Gasteiger partial charge in [0, 0.05) is 24.3 Å². The normalized spacial score (nSPS) is 22.1. The molecule has 152 valence electrons. The van der Waals surface area contributed by atoms with Crippen molar-refractivity contribution in [3.8, 4) is 0 Å². The van der Waals surface area contributed by atoms with Crippen LogP contribution < -0.4 is 10.6 Å². The van der Waals surface area contributed by atoms with Gasteiger partial charge in [-0.3, -0.25) is 9.59 Å². The van der Waals surface area contributed by atoms with Crippen LogP contribution in [0.2, 0.25) is 0 Å². The molecule has 2 aromatic rings. The number of piperidine rings is 1. The SMILES string of the molecule is Cl.O=C(NCC1CCCN(C(=O)Cc2csc3ccccc23)C1)C1CCCN1. The average Bonchev–Trinajstić information content (AvgIpc) is 3.37. The van der Waals surface area contributed by atoms with Crippen molar-refractivity contribution in [1.82, 2.24) is 15.5 Å². The van der Waals surface area contributed by atoms with Crippen LogP contribution in [0.5, 0.6) is 0 Å². The van der Waals surface area contributed by atoms with E-state index < -0.39 is 0 Å². The minimum Gasteiger partial charge on any atom is -0.354 e. The second-order valence-corrected chi connectivity index (χ2v) is 8.59. The Balaban J connectivity index is 0.00000225. The highest BCUT2D eigenvalue weighted by atomic mass is 35.5. The summed E-state index contributed by atoms with van der Waals surface area (Å²) >= 11 is 1.70. The van der Waals surface area contributed by atoms with Crippen molar-refractivity contribution < 1.29 is 9.59 Å². The Bertz CT molecular complexity index is 819. The molecule has 28 heavy (non-hydrogen) atoms. The van der Waals surface area contributed by atoms with E-state index in [2.05, 4.69) is 28.1 Å². The highest BCUT2D eigenvalue weighted by Gasteiger charge is 2.26. The number of nitrogens with one attached hydrogen (secondary N) is 2. The number of rotatable bonds is 5. The van der Waals surface area contributed by atoms with Gasteiger partial charge in [0.05, 0.1) is 12.5 Å². The second-order valence-electron chi connectivity index (χ2n) is 7.68. The van der Waals surface area contributed by atoms with Gasteiger partial charge in [-0.05, 0) is 60.5 Å². The number of thiophene rings is 1. The molecule has 0 aliphatic carbocycles. The van der Waals surface area contributed by atoms with E-state index in [1.807, 2.05) is 17.0 Å². The summed E-state index contributed by atoms with van der Waals surface area (Å²) in [5.74, 6) is 0.667.